The first-order valence-electron chi connectivity index (χ1n) is 6.63. The van der Waals surface area contributed by atoms with Crippen LogP contribution in [0.1, 0.15) is 29.6 Å². The molecule has 1 aliphatic carbocycles. The van der Waals surface area contributed by atoms with Crippen molar-refractivity contribution >= 4 is 17.3 Å². The second-order valence-electron chi connectivity index (χ2n) is 5.55. The monoisotopic (exact) mass is 264 g/mol. The predicted molar refractivity (Wildman–Crippen MR) is 70.8 cm³/mol. The van der Waals surface area contributed by atoms with E-state index in [0.29, 0.717) is 17.5 Å². The van der Waals surface area contributed by atoms with Crippen LogP contribution in [0, 0.1) is 17.7 Å². The molecule has 0 bridgehead atoms. The molecule has 2 fully saturated rings. The van der Waals surface area contributed by atoms with Crippen molar-refractivity contribution in [3.05, 3.63) is 23.5 Å². The fourth-order valence-corrected chi connectivity index (χ4v) is 3.44. The van der Waals surface area contributed by atoms with E-state index in [0.717, 1.165) is 19.2 Å². The van der Waals surface area contributed by atoms with Gasteiger partial charge < -0.3 is 15.7 Å². The summed E-state index contributed by atoms with van der Waals surface area (Å²) < 4.78 is 14.0. The molecule has 1 saturated heterocycles. The Hall–Kier alpha value is -1.78. The highest BCUT2D eigenvalue weighted by atomic mass is 19.1. The van der Waals surface area contributed by atoms with Crippen LogP contribution in [-0.2, 0) is 0 Å². The lowest BCUT2D eigenvalue weighted by Crippen LogP contribution is -2.22. The highest BCUT2D eigenvalue weighted by Gasteiger charge is 2.37. The molecule has 0 radical (unpaired) electrons. The molecule has 3 N–H and O–H groups in total. The Bertz CT molecular complexity index is 520. The third-order valence-electron chi connectivity index (χ3n) is 4.42. The topological polar surface area (TPSA) is 66.6 Å². The largest absolute Gasteiger partial charge is 0.478 e. The Morgan fingerprint density at radius 3 is 2.53 bits per heavy atom. The fourth-order valence-electron chi connectivity index (χ4n) is 3.44. The SMILES string of the molecule is Nc1cc(F)c(N2CC3CCCC3C2)cc1C(=O)O. The molecule has 1 saturated carbocycles. The minimum Gasteiger partial charge on any atom is -0.478 e. The van der Waals surface area contributed by atoms with Crippen LogP contribution in [0.3, 0.4) is 0 Å². The van der Waals surface area contributed by atoms with Crippen LogP contribution in [-0.4, -0.2) is 24.2 Å². The van der Waals surface area contributed by atoms with Crippen LogP contribution in [0.5, 0.6) is 0 Å². The molecular weight excluding hydrogens is 247 g/mol. The molecule has 1 heterocycles. The predicted octanol–water partition coefficient (Wildman–Crippen LogP) is 2.34. The first-order chi connectivity index (χ1) is 9.06. The van der Waals surface area contributed by atoms with Gasteiger partial charge in [-0.05, 0) is 36.8 Å². The normalized spacial score (nSPS) is 25.6. The van der Waals surface area contributed by atoms with E-state index in [1.165, 1.54) is 25.3 Å². The van der Waals surface area contributed by atoms with E-state index in [4.69, 9.17) is 10.8 Å². The summed E-state index contributed by atoms with van der Waals surface area (Å²) >= 11 is 0. The molecule has 5 heteroatoms. The van der Waals surface area contributed by atoms with Crippen molar-refractivity contribution in [3.8, 4) is 0 Å². The average molecular weight is 264 g/mol. The molecule has 4 nitrogen and oxygen atoms in total. The molecule has 2 atom stereocenters. The Morgan fingerprint density at radius 1 is 1.32 bits per heavy atom. The maximum atomic E-state index is 14.0. The Labute approximate surface area is 111 Å². The van der Waals surface area contributed by atoms with Crippen molar-refractivity contribution in [1.29, 1.82) is 0 Å². The summed E-state index contributed by atoms with van der Waals surface area (Å²) in [7, 11) is 0. The highest BCUT2D eigenvalue weighted by Crippen LogP contribution is 2.40. The molecule has 1 aliphatic heterocycles. The van der Waals surface area contributed by atoms with Crippen LogP contribution < -0.4 is 10.6 Å². The zero-order valence-electron chi connectivity index (χ0n) is 10.6. The van der Waals surface area contributed by atoms with Gasteiger partial charge in [-0.25, -0.2) is 9.18 Å². The fraction of sp³-hybridized carbons (Fsp3) is 0.500. The third kappa shape index (κ3) is 2.03. The average Bonchev–Trinajstić information content (AvgIpc) is 2.88. The minimum absolute atomic E-state index is 0.0199. The number of aromatic carboxylic acids is 1. The van der Waals surface area contributed by atoms with Crippen molar-refractivity contribution in [1.82, 2.24) is 0 Å². The number of hydrogen-bond acceptors (Lipinski definition) is 3. The number of anilines is 2. The molecule has 102 valence electrons. The number of rotatable bonds is 2. The summed E-state index contributed by atoms with van der Waals surface area (Å²) in [5, 5.41) is 9.06. The number of nitrogens with two attached hydrogens (primary N) is 1. The van der Waals surface area contributed by atoms with Crippen LogP contribution in [0.4, 0.5) is 15.8 Å². The van der Waals surface area contributed by atoms with Crippen molar-refractivity contribution in [2.45, 2.75) is 19.3 Å². The van der Waals surface area contributed by atoms with Gasteiger partial charge in [0.1, 0.15) is 5.82 Å². The first kappa shape index (κ1) is 12.3. The molecule has 2 aliphatic rings. The van der Waals surface area contributed by atoms with Gasteiger partial charge in [0, 0.05) is 18.8 Å². The molecule has 2 unspecified atom stereocenters. The number of carboxylic acid groups (broad SMARTS) is 1. The van der Waals surface area contributed by atoms with Crippen molar-refractivity contribution in [3.63, 3.8) is 0 Å². The van der Waals surface area contributed by atoms with Crippen LogP contribution in [0.25, 0.3) is 0 Å². The highest BCUT2D eigenvalue weighted by molar-refractivity contribution is 5.95. The summed E-state index contributed by atoms with van der Waals surface area (Å²) in [6, 6.07) is 2.49. The Balaban J connectivity index is 1.92. The number of benzene rings is 1. The van der Waals surface area contributed by atoms with Gasteiger partial charge in [-0.2, -0.15) is 0 Å². The van der Waals surface area contributed by atoms with Gasteiger partial charge in [-0.15, -0.1) is 0 Å². The summed E-state index contributed by atoms with van der Waals surface area (Å²) in [6.45, 7) is 1.65. The van der Waals surface area contributed by atoms with Crippen molar-refractivity contribution in [2.75, 3.05) is 23.7 Å². The molecule has 0 amide bonds. The lowest BCUT2D eigenvalue weighted by atomic mass is 10.0. The number of halogens is 1. The Kier molecular flexibility index (Phi) is 2.84. The number of hydrogen-bond donors (Lipinski definition) is 2. The molecule has 3 rings (SSSR count). The van der Waals surface area contributed by atoms with E-state index in [1.807, 2.05) is 4.90 Å². The standard InChI is InChI=1S/C14H17FN2O2/c15-11-5-12(16)10(14(18)19)4-13(11)17-6-8-2-1-3-9(8)7-17/h4-5,8-9H,1-3,6-7,16H2,(H,18,19). The number of carbonyl (C=O) groups is 1. The van der Waals surface area contributed by atoms with E-state index in [-0.39, 0.29) is 11.3 Å². The third-order valence-corrected chi connectivity index (χ3v) is 4.42. The molecule has 1 aromatic carbocycles. The van der Waals surface area contributed by atoms with E-state index < -0.39 is 11.8 Å². The zero-order valence-corrected chi connectivity index (χ0v) is 10.6. The van der Waals surface area contributed by atoms with Crippen molar-refractivity contribution in [2.24, 2.45) is 11.8 Å². The number of nitrogen functional groups attached to an aromatic ring is 1. The zero-order chi connectivity index (χ0) is 13.6. The number of carboxylic acids is 1. The molecule has 0 spiro atoms. The van der Waals surface area contributed by atoms with Crippen LogP contribution >= 0.6 is 0 Å². The van der Waals surface area contributed by atoms with Gasteiger partial charge >= 0.3 is 5.97 Å². The van der Waals surface area contributed by atoms with Gasteiger partial charge in [0.15, 0.2) is 0 Å². The summed E-state index contributed by atoms with van der Waals surface area (Å²) in [6.07, 6.45) is 3.65. The van der Waals surface area contributed by atoms with Crippen LogP contribution in [0.15, 0.2) is 12.1 Å². The summed E-state index contributed by atoms with van der Waals surface area (Å²) in [5.41, 5.74) is 5.88. The molecule has 19 heavy (non-hydrogen) atoms. The van der Waals surface area contributed by atoms with Crippen molar-refractivity contribution < 1.29 is 14.3 Å². The molecule has 1 aromatic rings. The van der Waals surface area contributed by atoms with Gasteiger partial charge in [-0.1, -0.05) is 6.42 Å². The number of fused-ring (bicyclic) bond motifs is 1. The molecular formula is C14H17FN2O2. The van der Waals surface area contributed by atoms with Gasteiger partial charge in [0.25, 0.3) is 0 Å². The minimum atomic E-state index is -1.11. The number of nitrogens with zero attached hydrogens (tertiary/aromatic N) is 1. The second-order valence-corrected chi connectivity index (χ2v) is 5.55. The van der Waals surface area contributed by atoms with Crippen LogP contribution in [0.2, 0.25) is 0 Å². The lowest BCUT2D eigenvalue weighted by Gasteiger charge is -2.21. The maximum absolute atomic E-state index is 14.0. The summed E-state index contributed by atoms with van der Waals surface area (Å²) in [4.78, 5) is 13.0. The summed E-state index contributed by atoms with van der Waals surface area (Å²) in [5.74, 6) is -0.281. The van der Waals surface area contributed by atoms with Gasteiger partial charge in [-0.3, -0.25) is 0 Å². The maximum Gasteiger partial charge on any atom is 0.337 e. The molecule has 0 aromatic heterocycles. The Morgan fingerprint density at radius 2 is 1.95 bits per heavy atom. The lowest BCUT2D eigenvalue weighted by molar-refractivity contribution is 0.0698. The van der Waals surface area contributed by atoms with E-state index >= 15 is 0 Å². The smallest absolute Gasteiger partial charge is 0.337 e. The van der Waals surface area contributed by atoms with E-state index in [9.17, 15) is 9.18 Å². The van der Waals surface area contributed by atoms with E-state index in [1.54, 1.807) is 0 Å². The quantitative estimate of drug-likeness (QED) is 0.805. The first-order valence-corrected chi connectivity index (χ1v) is 6.63. The van der Waals surface area contributed by atoms with Gasteiger partial charge in [0.05, 0.1) is 11.3 Å². The van der Waals surface area contributed by atoms with E-state index in [2.05, 4.69) is 0 Å². The second kappa shape index (κ2) is 4.40. The van der Waals surface area contributed by atoms with Gasteiger partial charge in [0.2, 0.25) is 0 Å².